The highest BCUT2D eigenvalue weighted by Crippen LogP contribution is 2.42. The van der Waals surface area contributed by atoms with Crippen LogP contribution in [0.5, 0.6) is 0 Å². The van der Waals surface area contributed by atoms with Crippen molar-refractivity contribution in [1.82, 2.24) is 19.8 Å². The number of thiocarbonyl (C=S) groups is 1. The van der Waals surface area contributed by atoms with Gasteiger partial charge in [0, 0.05) is 30.7 Å². The van der Waals surface area contributed by atoms with Gasteiger partial charge in [-0.15, -0.1) is 0 Å². The van der Waals surface area contributed by atoms with Crippen LogP contribution in [0.3, 0.4) is 0 Å². The van der Waals surface area contributed by atoms with Gasteiger partial charge in [-0.2, -0.15) is 0 Å². The lowest BCUT2D eigenvalue weighted by Crippen LogP contribution is -2.36. The van der Waals surface area contributed by atoms with Gasteiger partial charge in [0.2, 0.25) is 0 Å². The van der Waals surface area contributed by atoms with Gasteiger partial charge < -0.3 is 19.5 Å². The number of ether oxygens (including phenoxy) is 1. The molecule has 2 fully saturated rings. The first-order chi connectivity index (χ1) is 16.0. The predicted octanol–water partition coefficient (Wildman–Crippen LogP) is 5.26. The van der Waals surface area contributed by atoms with Crippen molar-refractivity contribution >= 4 is 17.3 Å². The van der Waals surface area contributed by atoms with Crippen LogP contribution in [0.2, 0.25) is 0 Å². The van der Waals surface area contributed by atoms with Crippen LogP contribution in [0.15, 0.2) is 48.7 Å². The molecule has 3 aromatic rings. The fourth-order valence-corrected chi connectivity index (χ4v) is 5.85. The summed E-state index contributed by atoms with van der Waals surface area (Å²) in [4.78, 5) is 7.03. The van der Waals surface area contributed by atoms with Gasteiger partial charge in [-0.05, 0) is 87.6 Å². The van der Waals surface area contributed by atoms with Crippen LogP contribution >= 0.6 is 12.2 Å². The Kier molecular flexibility index (Phi) is 5.97. The van der Waals surface area contributed by atoms with Crippen molar-refractivity contribution in [3.63, 3.8) is 0 Å². The molecule has 6 heteroatoms. The minimum absolute atomic E-state index is 0.00739. The molecular weight excluding hydrogens is 428 g/mol. The zero-order valence-corrected chi connectivity index (χ0v) is 20.7. The number of aromatic nitrogens is 2. The van der Waals surface area contributed by atoms with Crippen LogP contribution in [0.25, 0.3) is 5.69 Å². The van der Waals surface area contributed by atoms with Crippen molar-refractivity contribution in [2.24, 2.45) is 0 Å². The summed E-state index contributed by atoms with van der Waals surface area (Å²) in [7, 11) is 0. The number of hydrogen-bond donors (Lipinski definition) is 1. The summed E-state index contributed by atoms with van der Waals surface area (Å²) in [5, 5.41) is 4.37. The molecule has 33 heavy (non-hydrogen) atoms. The van der Waals surface area contributed by atoms with Crippen molar-refractivity contribution in [3.05, 3.63) is 82.4 Å². The highest BCUT2D eigenvalue weighted by molar-refractivity contribution is 7.80. The molecule has 1 aromatic carbocycles. The van der Waals surface area contributed by atoms with E-state index in [1.807, 2.05) is 18.3 Å². The van der Waals surface area contributed by atoms with Gasteiger partial charge in [0.25, 0.3) is 0 Å². The average Bonchev–Trinajstić information content (AvgIpc) is 3.50. The quantitative estimate of drug-likeness (QED) is 0.526. The number of benzene rings is 1. The molecule has 0 spiro atoms. The van der Waals surface area contributed by atoms with Crippen LogP contribution in [-0.4, -0.2) is 38.8 Å². The number of rotatable bonds is 5. The zero-order chi connectivity index (χ0) is 23.1. The van der Waals surface area contributed by atoms with Crippen molar-refractivity contribution in [3.8, 4) is 5.69 Å². The molecule has 2 aliphatic heterocycles. The fraction of sp³-hybridized carbons (Fsp3) is 0.407. The van der Waals surface area contributed by atoms with Crippen molar-refractivity contribution in [2.45, 2.75) is 58.7 Å². The van der Waals surface area contributed by atoms with E-state index in [0.717, 1.165) is 36.8 Å². The lowest BCUT2D eigenvalue weighted by molar-refractivity contribution is 0.0842. The predicted molar refractivity (Wildman–Crippen MR) is 136 cm³/mol. The molecule has 5 nitrogen and oxygen atoms in total. The number of nitrogens with one attached hydrogen (secondary N) is 1. The molecular formula is C27H32N4OS. The van der Waals surface area contributed by atoms with E-state index in [2.05, 4.69) is 72.8 Å². The van der Waals surface area contributed by atoms with Crippen molar-refractivity contribution in [1.29, 1.82) is 0 Å². The summed E-state index contributed by atoms with van der Waals surface area (Å²) in [5.74, 6) is 0. The van der Waals surface area contributed by atoms with E-state index >= 15 is 0 Å². The van der Waals surface area contributed by atoms with Gasteiger partial charge in [0.1, 0.15) is 0 Å². The minimum Gasteiger partial charge on any atom is -0.376 e. The third-order valence-corrected chi connectivity index (χ3v) is 7.43. The normalized spacial score (nSPS) is 22.7. The number of aryl methyl sites for hydroxylation is 3. The SMILES string of the molecule is Cc1cccc(C)c1-n1c(C)cc([C@@H]2[C@H](c3ccccn3)NC(=S)N2C[C@H]2CCCO2)c1C. The number of para-hydroxylation sites is 1. The third-order valence-electron chi connectivity index (χ3n) is 7.07. The van der Waals surface area contributed by atoms with Crippen LogP contribution in [0.4, 0.5) is 0 Å². The van der Waals surface area contributed by atoms with Gasteiger partial charge >= 0.3 is 0 Å². The fourth-order valence-electron chi connectivity index (χ4n) is 5.54. The van der Waals surface area contributed by atoms with Gasteiger partial charge in [0.15, 0.2) is 5.11 Å². The van der Waals surface area contributed by atoms with Crippen LogP contribution < -0.4 is 5.32 Å². The molecule has 0 bridgehead atoms. The number of hydrogen-bond acceptors (Lipinski definition) is 3. The van der Waals surface area contributed by atoms with Crippen molar-refractivity contribution in [2.75, 3.05) is 13.2 Å². The average molecular weight is 461 g/mol. The summed E-state index contributed by atoms with van der Waals surface area (Å²) in [6.07, 6.45) is 4.28. The van der Waals surface area contributed by atoms with Gasteiger partial charge in [-0.25, -0.2) is 0 Å². The molecule has 0 aliphatic carbocycles. The number of nitrogens with zero attached hydrogens (tertiary/aromatic N) is 3. The van der Waals surface area contributed by atoms with E-state index in [1.54, 1.807) is 0 Å². The molecule has 0 saturated carbocycles. The molecule has 3 atom stereocenters. The Morgan fingerprint density at radius 2 is 1.88 bits per heavy atom. The van der Waals surface area contributed by atoms with E-state index in [-0.39, 0.29) is 18.2 Å². The van der Waals surface area contributed by atoms with E-state index < -0.39 is 0 Å². The second kappa shape index (κ2) is 8.92. The molecule has 2 aromatic heterocycles. The van der Waals surface area contributed by atoms with E-state index in [4.69, 9.17) is 21.9 Å². The molecule has 0 radical (unpaired) electrons. The summed E-state index contributed by atoms with van der Waals surface area (Å²) >= 11 is 5.87. The second-order valence-corrected chi connectivity index (χ2v) is 9.70. The lowest BCUT2D eigenvalue weighted by Gasteiger charge is -2.30. The van der Waals surface area contributed by atoms with Crippen molar-refractivity contribution < 1.29 is 4.74 Å². The monoisotopic (exact) mass is 460 g/mol. The summed E-state index contributed by atoms with van der Waals surface area (Å²) < 4.78 is 8.40. The molecule has 5 rings (SSSR count). The molecule has 172 valence electrons. The smallest absolute Gasteiger partial charge is 0.170 e. The van der Waals surface area contributed by atoms with E-state index in [9.17, 15) is 0 Å². The van der Waals surface area contributed by atoms with Crippen LogP contribution in [0, 0.1) is 27.7 Å². The summed E-state index contributed by atoms with van der Waals surface area (Å²) in [6, 6.07) is 15.0. The Morgan fingerprint density at radius 3 is 2.55 bits per heavy atom. The maximum atomic E-state index is 6.00. The Morgan fingerprint density at radius 1 is 1.09 bits per heavy atom. The Labute approximate surface area is 201 Å². The summed E-state index contributed by atoms with van der Waals surface area (Å²) in [6.45, 7) is 10.4. The van der Waals surface area contributed by atoms with Crippen LogP contribution in [-0.2, 0) is 4.74 Å². The Balaban J connectivity index is 1.62. The second-order valence-electron chi connectivity index (χ2n) is 9.32. The maximum absolute atomic E-state index is 6.00. The first-order valence-corrected chi connectivity index (χ1v) is 12.2. The molecule has 0 unspecified atom stereocenters. The van der Waals surface area contributed by atoms with Crippen LogP contribution in [0.1, 0.15) is 58.7 Å². The molecule has 2 saturated heterocycles. The first-order valence-electron chi connectivity index (χ1n) is 11.8. The molecule has 2 aliphatic rings. The van der Waals surface area contributed by atoms with E-state index in [1.165, 1.54) is 33.8 Å². The summed E-state index contributed by atoms with van der Waals surface area (Å²) in [5.41, 5.74) is 8.61. The molecule has 1 N–H and O–H groups in total. The standard InChI is InChI=1S/C27H32N4OS/c1-17-9-7-10-18(2)25(17)31-19(3)15-22(20(31)4)26-24(23-12-5-6-13-28-23)29-27(33)30(26)16-21-11-8-14-32-21/h5-7,9-10,12-13,15,21,24,26H,8,11,14,16H2,1-4H3,(H,29,33)/t21-,24+,26-/m1/s1. The first kappa shape index (κ1) is 22.1. The number of pyridine rings is 1. The Bertz CT molecular complexity index is 1150. The molecule has 4 heterocycles. The maximum Gasteiger partial charge on any atom is 0.170 e. The van der Waals surface area contributed by atoms with Gasteiger partial charge in [0.05, 0.1) is 29.6 Å². The highest BCUT2D eigenvalue weighted by atomic mass is 32.1. The van der Waals surface area contributed by atoms with Gasteiger partial charge in [-0.1, -0.05) is 24.3 Å². The largest absolute Gasteiger partial charge is 0.376 e. The molecule has 0 amide bonds. The van der Waals surface area contributed by atoms with E-state index in [0.29, 0.717) is 0 Å². The minimum atomic E-state index is -0.00739. The van der Waals surface area contributed by atoms with Gasteiger partial charge in [-0.3, -0.25) is 4.98 Å². The Hall–Kier alpha value is -2.70. The third kappa shape index (κ3) is 3.96. The topological polar surface area (TPSA) is 42.3 Å². The lowest BCUT2D eigenvalue weighted by atomic mass is 9.96. The zero-order valence-electron chi connectivity index (χ0n) is 19.8. The highest BCUT2D eigenvalue weighted by Gasteiger charge is 2.42.